The van der Waals surface area contributed by atoms with Gasteiger partial charge in [-0.3, -0.25) is 14.5 Å². The van der Waals surface area contributed by atoms with Crippen LogP contribution in [0.5, 0.6) is 5.75 Å². The van der Waals surface area contributed by atoms with E-state index in [0.717, 1.165) is 18.4 Å². The first-order chi connectivity index (χ1) is 11.0. The number of carbonyl (C=O) groups excluding carboxylic acids is 1. The molecule has 0 bridgehead atoms. The van der Waals surface area contributed by atoms with E-state index in [1.807, 2.05) is 0 Å². The minimum Gasteiger partial charge on any atom is -0.508 e. The van der Waals surface area contributed by atoms with Gasteiger partial charge in [0.25, 0.3) is 5.91 Å². The summed E-state index contributed by atoms with van der Waals surface area (Å²) >= 11 is 6.48. The number of hydrogen-bond donors (Lipinski definition) is 2. The molecular weight excluding hydrogens is 334 g/mol. The molecule has 7 heteroatoms. The minimum atomic E-state index is -0.801. The molecule has 0 unspecified atom stereocenters. The summed E-state index contributed by atoms with van der Waals surface area (Å²) in [5, 5.41) is 18.1. The van der Waals surface area contributed by atoms with Crippen molar-refractivity contribution in [2.24, 2.45) is 0 Å². The highest BCUT2D eigenvalue weighted by atomic mass is 32.2. The summed E-state index contributed by atoms with van der Waals surface area (Å²) in [6.45, 7) is 0.502. The highest BCUT2D eigenvalue weighted by Crippen LogP contribution is 2.33. The molecule has 1 fully saturated rings. The summed E-state index contributed by atoms with van der Waals surface area (Å²) in [6, 6.07) is 6.67. The van der Waals surface area contributed by atoms with E-state index in [1.54, 1.807) is 35.2 Å². The van der Waals surface area contributed by atoms with Crippen molar-refractivity contribution >= 4 is 46.3 Å². The van der Waals surface area contributed by atoms with Crippen molar-refractivity contribution in [3.05, 3.63) is 34.7 Å². The van der Waals surface area contributed by atoms with E-state index in [0.29, 0.717) is 22.2 Å². The third kappa shape index (κ3) is 5.07. The summed E-state index contributed by atoms with van der Waals surface area (Å²) in [5.41, 5.74) is 0.743. The van der Waals surface area contributed by atoms with Gasteiger partial charge >= 0.3 is 5.97 Å². The Morgan fingerprint density at radius 2 is 2.09 bits per heavy atom. The fraction of sp³-hybridized carbons (Fsp3) is 0.312. The van der Waals surface area contributed by atoms with Crippen LogP contribution in [0.25, 0.3) is 6.08 Å². The number of amides is 1. The molecule has 2 rings (SSSR count). The second kappa shape index (κ2) is 8.12. The number of unbranched alkanes of at least 4 members (excludes halogenated alkanes) is 2. The van der Waals surface area contributed by atoms with E-state index in [9.17, 15) is 14.7 Å². The lowest BCUT2D eigenvalue weighted by Crippen LogP contribution is -2.29. The first-order valence-electron chi connectivity index (χ1n) is 7.23. The average molecular weight is 351 g/mol. The van der Waals surface area contributed by atoms with Gasteiger partial charge in [-0.25, -0.2) is 0 Å². The van der Waals surface area contributed by atoms with Gasteiger partial charge in [0.05, 0.1) is 4.91 Å². The largest absolute Gasteiger partial charge is 0.508 e. The van der Waals surface area contributed by atoms with Crippen molar-refractivity contribution in [2.75, 3.05) is 6.54 Å². The molecule has 0 radical (unpaired) electrons. The highest BCUT2D eigenvalue weighted by Gasteiger charge is 2.31. The summed E-state index contributed by atoms with van der Waals surface area (Å²) < 4.78 is 0.514. The van der Waals surface area contributed by atoms with Crippen LogP contribution in [0.1, 0.15) is 31.2 Å². The van der Waals surface area contributed by atoms with E-state index < -0.39 is 5.97 Å². The molecule has 1 saturated heterocycles. The number of phenols is 1. The normalized spacial score (nSPS) is 16.3. The monoisotopic (exact) mass is 351 g/mol. The van der Waals surface area contributed by atoms with Crippen LogP contribution in [-0.2, 0) is 9.59 Å². The lowest BCUT2D eigenvalue weighted by Gasteiger charge is -2.13. The van der Waals surface area contributed by atoms with Gasteiger partial charge in [0.15, 0.2) is 0 Å². The Hall–Kier alpha value is -1.86. The van der Waals surface area contributed by atoms with Crippen LogP contribution in [0.15, 0.2) is 29.2 Å². The molecule has 0 atom stereocenters. The molecule has 122 valence electrons. The van der Waals surface area contributed by atoms with E-state index in [1.165, 1.54) is 11.8 Å². The first-order valence-corrected chi connectivity index (χ1v) is 8.46. The number of thioether (sulfide) groups is 1. The van der Waals surface area contributed by atoms with Crippen molar-refractivity contribution in [2.45, 2.75) is 25.7 Å². The van der Waals surface area contributed by atoms with Crippen LogP contribution in [0.3, 0.4) is 0 Å². The number of nitrogens with zero attached hydrogens (tertiary/aromatic N) is 1. The molecule has 23 heavy (non-hydrogen) atoms. The van der Waals surface area contributed by atoms with Gasteiger partial charge < -0.3 is 10.2 Å². The maximum Gasteiger partial charge on any atom is 0.303 e. The maximum absolute atomic E-state index is 12.4. The van der Waals surface area contributed by atoms with E-state index in [2.05, 4.69) is 0 Å². The molecule has 1 aliphatic heterocycles. The van der Waals surface area contributed by atoms with Crippen LogP contribution >= 0.6 is 24.0 Å². The van der Waals surface area contributed by atoms with E-state index in [4.69, 9.17) is 17.3 Å². The summed E-state index contributed by atoms with van der Waals surface area (Å²) in [5.74, 6) is -0.793. The van der Waals surface area contributed by atoms with Gasteiger partial charge in [0.2, 0.25) is 0 Å². The first kappa shape index (κ1) is 17.5. The van der Waals surface area contributed by atoms with Crippen LogP contribution in [0, 0.1) is 0 Å². The molecule has 1 aliphatic rings. The third-order valence-electron chi connectivity index (χ3n) is 3.31. The zero-order valence-corrected chi connectivity index (χ0v) is 14.0. The molecule has 5 nitrogen and oxygen atoms in total. The Kier molecular flexibility index (Phi) is 6.18. The molecule has 0 saturated carbocycles. The molecule has 0 aliphatic carbocycles. The van der Waals surface area contributed by atoms with Crippen LogP contribution in [0.4, 0.5) is 0 Å². The Bertz CT molecular complexity index is 657. The zero-order chi connectivity index (χ0) is 16.8. The molecule has 2 N–H and O–H groups in total. The second-order valence-corrected chi connectivity index (χ2v) is 6.81. The highest BCUT2D eigenvalue weighted by molar-refractivity contribution is 8.26. The predicted octanol–water partition coefficient (Wildman–Crippen LogP) is 3.24. The lowest BCUT2D eigenvalue weighted by atomic mass is 10.2. The Morgan fingerprint density at radius 1 is 1.30 bits per heavy atom. The number of aliphatic carboxylic acids is 1. The summed E-state index contributed by atoms with van der Waals surface area (Å²) in [4.78, 5) is 24.9. The number of hydrogen-bond acceptors (Lipinski definition) is 5. The van der Waals surface area contributed by atoms with Crippen molar-refractivity contribution < 1.29 is 19.8 Å². The van der Waals surface area contributed by atoms with Gasteiger partial charge in [0, 0.05) is 13.0 Å². The van der Waals surface area contributed by atoms with Crippen LogP contribution in [-0.4, -0.2) is 37.9 Å². The molecular formula is C16H17NO4S2. The standard InChI is InChI=1S/C16H17NO4S2/c18-12-6-4-5-11(9-12)10-13-15(21)17(16(22)23-13)8-3-1-2-7-14(19)20/h4-6,9-10,18H,1-3,7-8H2,(H,19,20). The smallest absolute Gasteiger partial charge is 0.303 e. The maximum atomic E-state index is 12.4. The fourth-order valence-electron chi connectivity index (χ4n) is 2.18. The number of carboxylic acid groups (broad SMARTS) is 1. The number of rotatable bonds is 7. The van der Waals surface area contributed by atoms with Crippen molar-refractivity contribution in [1.29, 1.82) is 0 Å². The van der Waals surface area contributed by atoms with Crippen LogP contribution in [0.2, 0.25) is 0 Å². The molecule has 1 aromatic carbocycles. The van der Waals surface area contributed by atoms with Crippen molar-refractivity contribution in [3.8, 4) is 5.75 Å². The third-order valence-corrected chi connectivity index (χ3v) is 4.69. The van der Waals surface area contributed by atoms with Gasteiger partial charge in [0.1, 0.15) is 10.1 Å². The van der Waals surface area contributed by atoms with Crippen LogP contribution < -0.4 is 0 Å². The predicted molar refractivity (Wildman–Crippen MR) is 94.1 cm³/mol. The second-order valence-electron chi connectivity index (χ2n) is 5.13. The minimum absolute atomic E-state index is 0.137. The Morgan fingerprint density at radius 3 is 2.78 bits per heavy atom. The van der Waals surface area contributed by atoms with Crippen molar-refractivity contribution in [3.63, 3.8) is 0 Å². The topological polar surface area (TPSA) is 77.8 Å². The number of aromatic hydroxyl groups is 1. The van der Waals surface area contributed by atoms with E-state index in [-0.39, 0.29) is 18.1 Å². The quantitative estimate of drug-likeness (QED) is 0.446. The number of phenolic OH excluding ortho intramolecular Hbond substituents is 1. The molecule has 0 spiro atoms. The molecule has 1 amide bonds. The molecule has 1 heterocycles. The van der Waals surface area contributed by atoms with Gasteiger partial charge in [-0.2, -0.15) is 0 Å². The summed E-state index contributed by atoms with van der Waals surface area (Å²) in [6.07, 6.45) is 3.93. The molecule has 1 aromatic rings. The SMILES string of the molecule is O=C(O)CCCCCN1C(=O)C(=Cc2cccc(O)c2)SC1=S. The Labute approximate surface area is 144 Å². The lowest BCUT2D eigenvalue weighted by molar-refractivity contribution is -0.137. The number of benzene rings is 1. The fourth-order valence-corrected chi connectivity index (χ4v) is 3.49. The van der Waals surface area contributed by atoms with Gasteiger partial charge in [-0.05, 0) is 36.6 Å². The van der Waals surface area contributed by atoms with Gasteiger partial charge in [-0.1, -0.05) is 42.5 Å². The average Bonchev–Trinajstić information content (AvgIpc) is 2.74. The molecule has 0 aromatic heterocycles. The number of carbonyl (C=O) groups is 2. The number of carboxylic acids is 1. The van der Waals surface area contributed by atoms with Gasteiger partial charge in [-0.15, -0.1) is 0 Å². The van der Waals surface area contributed by atoms with E-state index >= 15 is 0 Å². The Balaban J connectivity index is 1.93. The zero-order valence-electron chi connectivity index (χ0n) is 12.4. The number of thiocarbonyl (C=S) groups is 1. The van der Waals surface area contributed by atoms with Crippen molar-refractivity contribution in [1.82, 2.24) is 4.90 Å². The summed E-state index contributed by atoms with van der Waals surface area (Å²) in [7, 11) is 0.